The molecule has 2 aliphatic rings. The summed E-state index contributed by atoms with van der Waals surface area (Å²) >= 11 is 5.94. The van der Waals surface area contributed by atoms with Crippen LogP contribution in [-0.2, 0) is 11.2 Å². The van der Waals surface area contributed by atoms with Gasteiger partial charge in [0.15, 0.2) is 0 Å². The van der Waals surface area contributed by atoms with Crippen molar-refractivity contribution in [2.75, 3.05) is 6.54 Å². The first kappa shape index (κ1) is 12.4. The van der Waals surface area contributed by atoms with Crippen LogP contribution in [0.5, 0.6) is 0 Å². The molecule has 2 fully saturated rings. The average Bonchev–Trinajstić information content (AvgIpc) is 2.94. The van der Waals surface area contributed by atoms with Crippen molar-refractivity contribution < 1.29 is 9.13 Å². The second kappa shape index (κ2) is 4.48. The largest absolute Gasteiger partial charge is 0.374 e. The van der Waals surface area contributed by atoms with Crippen LogP contribution in [-0.4, -0.2) is 18.8 Å². The molecule has 2 nitrogen and oxygen atoms in total. The molecule has 1 aromatic carbocycles. The first-order valence-electron chi connectivity index (χ1n) is 6.42. The van der Waals surface area contributed by atoms with Gasteiger partial charge >= 0.3 is 0 Å². The molecule has 2 saturated heterocycles. The number of nitrogens with two attached hydrogens (primary N) is 1. The van der Waals surface area contributed by atoms with Gasteiger partial charge in [-0.1, -0.05) is 11.6 Å². The monoisotopic (exact) mass is 269 g/mol. The molecule has 0 amide bonds. The van der Waals surface area contributed by atoms with Crippen LogP contribution in [0.4, 0.5) is 4.39 Å². The van der Waals surface area contributed by atoms with Gasteiger partial charge in [0.1, 0.15) is 5.82 Å². The molecule has 0 spiro atoms. The Morgan fingerprint density at radius 2 is 2.28 bits per heavy atom. The maximum Gasteiger partial charge on any atom is 0.126 e. The van der Waals surface area contributed by atoms with Crippen molar-refractivity contribution in [3.8, 4) is 0 Å². The van der Waals surface area contributed by atoms with Crippen molar-refractivity contribution >= 4 is 11.6 Å². The van der Waals surface area contributed by atoms with Crippen LogP contribution in [0.3, 0.4) is 0 Å². The smallest absolute Gasteiger partial charge is 0.126 e. The summed E-state index contributed by atoms with van der Waals surface area (Å²) in [7, 11) is 0. The van der Waals surface area contributed by atoms with Crippen molar-refractivity contribution in [1.29, 1.82) is 0 Å². The predicted octanol–water partition coefficient (Wildman–Crippen LogP) is 2.92. The lowest BCUT2D eigenvalue weighted by Crippen LogP contribution is -2.41. The topological polar surface area (TPSA) is 35.2 Å². The van der Waals surface area contributed by atoms with Crippen molar-refractivity contribution in [3.63, 3.8) is 0 Å². The maximum absolute atomic E-state index is 13.8. The standard InChI is InChI=1S/C14H17ClFNO/c15-10-1-3-12(16)9(5-10)6-14(8-17)7-11-2-4-13(14)18-11/h1,3,5,11,13H,2,4,6-8,17H2. The van der Waals surface area contributed by atoms with E-state index in [1.807, 2.05) is 0 Å². The quantitative estimate of drug-likeness (QED) is 0.916. The highest BCUT2D eigenvalue weighted by atomic mass is 35.5. The van der Waals surface area contributed by atoms with Gasteiger partial charge in [-0.25, -0.2) is 4.39 Å². The third-order valence-electron chi connectivity index (χ3n) is 4.38. The van der Waals surface area contributed by atoms with E-state index in [0.29, 0.717) is 29.7 Å². The second-order valence-electron chi connectivity index (χ2n) is 5.51. The van der Waals surface area contributed by atoms with Gasteiger partial charge in [0.05, 0.1) is 12.2 Å². The molecule has 0 radical (unpaired) electrons. The Balaban J connectivity index is 1.88. The van der Waals surface area contributed by atoms with Gasteiger partial charge in [0, 0.05) is 17.0 Å². The van der Waals surface area contributed by atoms with Crippen molar-refractivity contribution in [2.24, 2.45) is 11.1 Å². The number of hydrogen-bond donors (Lipinski definition) is 1. The van der Waals surface area contributed by atoms with Crippen LogP contribution in [0.15, 0.2) is 18.2 Å². The van der Waals surface area contributed by atoms with Gasteiger partial charge in [-0.05, 0) is 49.4 Å². The fraction of sp³-hybridized carbons (Fsp3) is 0.571. The Morgan fingerprint density at radius 3 is 2.89 bits per heavy atom. The number of ether oxygens (including phenoxy) is 1. The van der Waals surface area contributed by atoms with Gasteiger partial charge in [-0.3, -0.25) is 0 Å². The molecule has 2 aliphatic heterocycles. The predicted molar refractivity (Wildman–Crippen MR) is 69.1 cm³/mol. The SMILES string of the molecule is NCC1(Cc2cc(Cl)ccc2F)CC2CCC1O2. The van der Waals surface area contributed by atoms with Crippen LogP contribution >= 0.6 is 11.6 Å². The van der Waals surface area contributed by atoms with E-state index in [4.69, 9.17) is 22.1 Å². The minimum Gasteiger partial charge on any atom is -0.374 e. The summed E-state index contributed by atoms with van der Waals surface area (Å²) in [5.74, 6) is -0.199. The normalized spacial score (nSPS) is 34.2. The number of rotatable bonds is 3. The third kappa shape index (κ3) is 1.94. The molecule has 18 heavy (non-hydrogen) atoms. The molecule has 2 bridgehead atoms. The van der Waals surface area contributed by atoms with E-state index in [1.165, 1.54) is 6.07 Å². The van der Waals surface area contributed by atoms with Crippen molar-refractivity contribution in [3.05, 3.63) is 34.6 Å². The van der Waals surface area contributed by atoms with Gasteiger partial charge in [0.2, 0.25) is 0 Å². The summed E-state index contributed by atoms with van der Waals surface area (Å²) in [5, 5.41) is 0.572. The van der Waals surface area contributed by atoms with Crippen LogP contribution in [0.2, 0.25) is 5.02 Å². The van der Waals surface area contributed by atoms with Crippen LogP contribution in [0, 0.1) is 11.2 Å². The highest BCUT2D eigenvalue weighted by Crippen LogP contribution is 2.49. The first-order valence-corrected chi connectivity index (χ1v) is 6.80. The molecule has 2 N–H and O–H groups in total. The van der Waals surface area contributed by atoms with E-state index in [9.17, 15) is 4.39 Å². The van der Waals surface area contributed by atoms with E-state index in [1.54, 1.807) is 12.1 Å². The van der Waals surface area contributed by atoms with E-state index in [2.05, 4.69) is 0 Å². The van der Waals surface area contributed by atoms with E-state index in [-0.39, 0.29) is 17.3 Å². The average molecular weight is 270 g/mol. The molecule has 0 aromatic heterocycles. The van der Waals surface area contributed by atoms with Crippen LogP contribution in [0.25, 0.3) is 0 Å². The lowest BCUT2D eigenvalue weighted by Gasteiger charge is -2.34. The Morgan fingerprint density at radius 1 is 1.44 bits per heavy atom. The zero-order chi connectivity index (χ0) is 12.8. The summed E-state index contributed by atoms with van der Waals surface area (Å²) in [6.45, 7) is 0.542. The summed E-state index contributed by atoms with van der Waals surface area (Å²) in [5.41, 5.74) is 6.51. The van der Waals surface area contributed by atoms with E-state index in [0.717, 1.165) is 19.3 Å². The molecule has 0 aliphatic carbocycles. The molecule has 3 atom stereocenters. The first-order chi connectivity index (χ1) is 8.63. The zero-order valence-electron chi connectivity index (χ0n) is 10.2. The summed E-state index contributed by atoms with van der Waals surface area (Å²) in [6.07, 6.45) is 4.23. The fourth-order valence-corrected chi connectivity index (χ4v) is 3.62. The molecule has 3 rings (SSSR count). The Kier molecular flexibility index (Phi) is 3.08. The fourth-order valence-electron chi connectivity index (χ4n) is 3.42. The Hall–Kier alpha value is -0.640. The van der Waals surface area contributed by atoms with Gasteiger partial charge in [0.25, 0.3) is 0 Å². The van der Waals surface area contributed by atoms with Crippen LogP contribution in [0.1, 0.15) is 24.8 Å². The summed E-state index contributed by atoms with van der Waals surface area (Å²) < 4.78 is 19.7. The molecule has 1 aromatic rings. The lowest BCUT2D eigenvalue weighted by atomic mass is 9.70. The molecule has 4 heteroatoms. The van der Waals surface area contributed by atoms with Gasteiger partial charge in [-0.15, -0.1) is 0 Å². The molecule has 2 heterocycles. The molecule has 0 saturated carbocycles. The van der Waals surface area contributed by atoms with Crippen molar-refractivity contribution in [1.82, 2.24) is 0 Å². The number of hydrogen-bond acceptors (Lipinski definition) is 2. The number of fused-ring (bicyclic) bond motifs is 2. The van der Waals surface area contributed by atoms with Gasteiger partial charge in [-0.2, -0.15) is 0 Å². The molecular formula is C14H17ClFNO. The number of halogens is 2. The summed E-state index contributed by atoms with van der Waals surface area (Å²) in [4.78, 5) is 0. The molecule has 98 valence electrons. The minimum absolute atomic E-state index is 0.103. The Bertz CT molecular complexity index is 467. The van der Waals surface area contributed by atoms with E-state index < -0.39 is 0 Å². The van der Waals surface area contributed by atoms with Gasteiger partial charge < -0.3 is 10.5 Å². The molecular weight excluding hydrogens is 253 g/mol. The van der Waals surface area contributed by atoms with Crippen LogP contribution < -0.4 is 5.73 Å². The minimum atomic E-state index is -0.199. The zero-order valence-corrected chi connectivity index (χ0v) is 10.9. The summed E-state index contributed by atoms with van der Waals surface area (Å²) in [6, 6.07) is 4.71. The van der Waals surface area contributed by atoms with E-state index >= 15 is 0 Å². The highest BCUT2D eigenvalue weighted by Gasteiger charge is 2.51. The maximum atomic E-state index is 13.8. The lowest BCUT2D eigenvalue weighted by molar-refractivity contribution is 0.0633. The third-order valence-corrected chi connectivity index (χ3v) is 4.62. The van der Waals surface area contributed by atoms with Crippen molar-refractivity contribution in [2.45, 2.75) is 37.9 Å². The number of benzene rings is 1. The Labute approximate surface area is 111 Å². The highest BCUT2D eigenvalue weighted by molar-refractivity contribution is 6.30. The molecule has 3 unspecified atom stereocenters. The second-order valence-corrected chi connectivity index (χ2v) is 5.94.